The normalized spacial score (nSPS) is 10.7. The fraction of sp³-hybridized carbons (Fsp3) is 0.304. The summed E-state index contributed by atoms with van der Waals surface area (Å²) in [5.74, 6) is 1.10. The van der Waals surface area contributed by atoms with Crippen LogP contribution in [0.5, 0.6) is 5.75 Å². The van der Waals surface area contributed by atoms with E-state index in [1.165, 1.54) is 11.8 Å². The summed E-state index contributed by atoms with van der Waals surface area (Å²) < 4.78 is 6.84. The smallest absolute Gasteiger partial charge is 0.234 e. The number of hydrogen-bond acceptors (Lipinski definition) is 6. The minimum Gasteiger partial charge on any atom is -0.497 e. The highest BCUT2D eigenvalue weighted by molar-refractivity contribution is 7.99. The Bertz CT molecular complexity index is 1100. The molecule has 168 valence electrons. The topological polar surface area (TPSA) is 98.1 Å². The zero-order valence-electron chi connectivity index (χ0n) is 18.9. The molecule has 1 heterocycles. The largest absolute Gasteiger partial charge is 0.497 e. The molecule has 0 aliphatic rings. The first-order chi connectivity index (χ1) is 15.3. The SMILES string of the molecule is COc1ccc(NC(=O)Cc2nnc(SCC(=O)Nc3c(C)cc(C)cc3C)n2C)cc1. The molecule has 2 amide bonds. The minimum atomic E-state index is -0.203. The van der Waals surface area contributed by atoms with Gasteiger partial charge in [0.05, 0.1) is 19.3 Å². The number of aryl methyl sites for hydroxylation is 3. The number of ether oxygens (including phenoxy) is 1. The van der Waals surface area contributed by atoms with E-state index in [1.807, 2.05) is 32.9 Å². The summed E-state index contributed by atoms with van der Waals surface area (Å²) in [4.78, 5) is 24.8. The van der Waals surface area contributed by atoms with Gasteiger partial charge in [-0.2, -0.15) is 0 Å². The number of aromatic nitrogens is 3. The number of nitrogens with one attached hydrogen (secondary N) is 2. The molecule has 0 atom stereocenters. The average molecular weight is 454 g/mol. The van der Waals surface area contributed by atoms with Crippen molar-refractivity contribution in [3.05, 3.63) is 58.9 Å². The Morgan fingerprint density at radius 3 is 2.28 bits per heavy atom. The van der Waals surface area contributed by atoms with E-state index in [0.29, 0.717) is 16.7 Å². The number of carbonyl (C=O) groups excluding carboxylic acids is 2. The molecule has 3 rings (SSSR count). The standard InChI is InChI=1S/C23H27N5O3S/c1-14-10-15(2)22(16(3)11-14)25-21(30)13-32-23-27-26-19(28(23)4)12-20(29)24-17-6-8-18(31-5)9-7-17/h6-11H,12-13H2,1-5H3,(H,24,29)(H,25,30). The van der Waals surface area contributed by atoms with Crippen LogP contribution in [-0.2, 0) is 23.1 Å². The minimum absolute atomic E-state index is 0.0735. The summed E-state index contributed by atoms with van der Waals surface area (Å²) in [6.07, 6.45) is 0.0735. The van der Waals surface area contributed by atoms with Crippen LogP contribution in [0.15, 0.2) is 41.6 Å². The summed E-state index contributed by atoms with van der Waals surface area (Å²) in [5, 5.41) is 14.6. The molecule has 2 N–H and O–H groups in total. The molecule has 2 aromatic carbocycles. The molecule has 9 heteroatoms. The molecule has 0 aliphatic heterocycles. The van der Waals surface area contributed by atoms with Gasteiger partial charge in [0.1, 0.15) is 11.6 Å². The van der Waals surface area contributed by atoms with Crippen molar-refractivity contribution in [1.29, 1.82) is 0 Å². The van der Waals surface area contributed by atoms with Crippen LogP contribution in [0.2, 0.25) is 0 Å². The number of benzene rings is 2. The molecule has 3 aromatic rings. The van der Waals surface area contributed by atoms with Gasteiger partial charge in [-0.1, -0.05) is 29.5 Å². The predicted octanol–water partition coefficient (Wildman–Crippen LogP) is 3.66. The molecule has 0 unspecified atom stereocenters. The van der Waals surface area contributed by atoms with Crippen molar-refractivity contribution in [3.8, 4) is 5.75 Å². The van der Waals surface area contributed by atoms with E-state index in [-0.39, 0.29) is 24.0 Å². The molecule has 1 aromatic heterocycles. The molecule has 0 radical (unpaired) electrons. The summed E-state index contributed by atoms with van der Waals surface area (Å²) >= 11 is 1.28. The Balaban J connectivity index is 1.55. The van der Waals surface area contributed by atoms with E-state index in [0.717, 1.165) is 28.1 Å². The highest BCUT2D eigenvalue weighted by Gasteiger charge is 2.15. The Kier molecular flexibility index (Phi) is 7.53. The second-order valence-corrected chi connectivity index (χ2v) is 8.46. The Hall–Kier alpha value is -3.33. The van der Waals surface area contributed by atoms with Crippen LogP contribution in [0.3, 0.4) is 0 Å². The first kappa shape index (κ1) is 23.3. The predicted molar refractivity (Wildman–Crippen MR) is 126 cm³/mol. The summed E-state index contributed by atoms with van der Waals surface area (Å²) in [7, 11) is 3.37. The Morgan fingerprint density at radius 2 is 1.66 bits per heavy atom. The molecule has 0 spiro atoms. The van der Waals surface area contributed by atoms with E-state index in [9.17, 15) is 9.59 Å². The molecule has 0 saturated carbocycles. The molecule has 0 bridgehead atoms. The number of nitrogens with zero attached hydrogens (tertiary/aromatic N) is 3. The number of hydrogen-bond donors (Lipinski definition) is 2. The average Bonchev–Trinajstić information content (AvgIpc) is 3.09. The van der Waals surface area contributed by atoms with Gasteiger partial charge in [0.15, 0.2) is 5.16 Å². The fourth-order valence-corrected chi connectivity index (χ4v) is 4.06. The first-order valence-corrected chi connectivity index (χ1v) is 11.1. The number of amides is 2. The lowest BCUT2D eigenvalue weighted by atomic mass is 10.1. The number of methoxy groups -OCH3 is 1. The van der Waals surface area contributed by atoms with Gasteiger partial charge >= 0.3 is 0 Å². The zero-order valence-corrected chi connectivity index (χ0v) is 19.7. The van der Waals surface area contributed by atoms with Gasteiger partial charge in [0.25, 0.3) is 0 Å². The summed E-state index contributed by atoms with van der Waals surface area (Å²) in [5.41, 5.74) is 4.74. The third-order valence-electron chi connectivity index (χ3n) is 4.89. The van der Waals surface area contributed by atoms with Gasteiger partial charge in [-0.3, -0.25) is 9.59 Å². The second kappa shape index (κ2) is 10.3. The zero-order chi connectivity index (χ0) is 23.3. The van der Waals surface area contributed by atoms with Gasteiger partial charge in [0.2, 0.25) is 11.8 Å². The van der Waals surface area contributed by atoms with Gasteiger partial charge < -0.3 is 19.9 Å². The number of thioether (sulfide) groups is 1. The highest BCUT2D eigenvalue weighted by atomic mass is 32.2. The van der Waals surface area contributed by atoms with E-state index in [4.69, 9.17) is 4.74 Å². The Morgan fingerprint density at radius 1 is 1.00 bits per heavy atom. The van der Waals surface area contributed by atoms with Crippen molar-refractivity contribution in [2.75, 3.05) is 23.5 Å². The monoisotopic (exact) mass is 453 g/mol. The molecule has 0 aliphatic carbocycles. The van der Waals surface area contributed by atoms with E-state index < -0.39 is 0 Å². The third-order valence-corrected chi connectivity index (χ3v) is 5.91. The molecular formula is C23H27N5O3S. The lowest BCUT2D eigenvalue weighted by Crippen LogP contribution is -2.17. The number of carbonyl (C=O) groups is 2. The fourth-order valence-electron chi connectivity index (χ4n) is 3.33. The number of anilines is 2. The summed E-state index contributed by atoms with van der Waals surface area (Å²) in [6.45, 7) is 5.99. The van der Waals surface area contributed by atoms with Crippen molar-refractivity contribution in [2.24, 2.45) is 7.05 Å². The van der Waals surface area contributed by atoms with Crippen LogP contribution in [0.1, 0.15) is 22.5 Å². The van der Waals surface area contributed by atoms with Crippen LogP contribution in [-0.4, -0.2) is 39.4 Å². The van der Waals surface area contributed by atoms with E-state index in [2.05, 4.69) is 20.8 Å². The van der Waals surface area contributed by atoms with Gasteiger partial charge in [0, 0.05) is 18.4 Å². The summed E-state index contributed by atoms with van der Waals surface area (Å²) in [6, 6.07) is 11.2. The number of rotatable bonds is 8. The van der Waals surface area contributed by atoms with Crippen molar-refractivity contribution in [1.82, 2.24) is 14.8 Å². The maximum atomic E-state index is 12.5. The van der Waals surface area contributed by atoms with Crippen molar-refractivity contribution in [3.63, 3.8) is 0 Å². The van der Waals surface area contributed by atoms with Crippen LogP contribution >= 0.6 is 11.8 Å². The van der Waals surface area contributed by atoms with Crippen LogP contribution in [0.4, 0.5) is 11.4 Å². The van der Waals surface area contributed by atoms with Crippen molar-refractivity contribution >= 4 is 35.0 Å². The third kappa shape index (κ3) is 5.88. The van der Waals surface area contributed by atoms with Crippen molar-refractivity contribution in [2.45, 2.75) is 32.3 Å². The molecule has 0 fully saturated rings. The maximum absolute atomic E-state index is 12.5. The van der Waals surface area contributed by atoms with E-state index >= 15 is 0 Å². The second-order valence-electron chi connectivity index (χ2n) is 7.52. The molecule has 0 saturated heterocycles. The van der Waals surface area contributed by atoms with Crippen LogP contribution in [0.25, 0.3) is 0 Å². The molecular weight excluding hydrogens is 426 g/mol. The maximum Gasteiger partial charge on any atom is 0.234 e. The van der Waals surface area contributed by atoms with Gasteiger partial charge in [-0.25, -0.2) is 0 Å². The first-order valence-electron chi connectivity index (χ1n) is 10.1. The van der Waals surface area contributed by atoms with E-state index in [1.54, 1.807) is 43.0 Å². The highest BCUT2D eigenvalue weighted by Crippen LogP contribution is 2.23. The quantitative estimate of drug-likeness (QED) is 0.505. The lowest BCUT2D eigenvalue weighted by molar-refractivity contribution is -0.116. The van der Waals surface area contributed by atoms with Crippen molar-refractivity contribution < 1.29 is 14.3 Å². The van der Waals surface area contributed by atoms with Crippen LogP contribution in [0, 0.1) is 20.8 Å². The lowest BCUT2D eigenvalue weighted by Gasteiger charge is -2.12. The molecule has 8 nitrogen and oxygen atoms in total. The van der Waals surface area contributed by atoms with Gasteiger partial charge in [-0.05, 0) is 56.2 Å². The molecule has 32 heavy (non-hydrogen) atoms. The van der Waals surface area contributed by atoms with Crippen LogP contribution < -0.4 is 15.4 Å². The Labute approximate surface area is 191 Å². The van der Waals surface area contributed by atoms with Gasteiger partial charge in [-0.15, -0.1) is 10.2 Å².